The number of unbranched alkanes of at least 4 members (excludes halogenated alkanes) is 2. The van der Waals surface area contributed by atoms with Gasteiger partial charge in [-0.3, -0.25) is 9.59 Å². The molecular formula is C12H23ClO4. The van der Waals surface area contributed by atoms with E-state index in [0.29, 0.717) is 6.42 Å². The van der Waals surface area contributed by atoms with Gasteiger partial charge in [-0.2, -0.15) is 0 Å². The normalized spacial score (nSPS) is 10.4. The Bertz CT molecular complexity index is 233. The summed E-state index contributed by atoms with van der Waals surface area (Å²) in [5.41, 5.74) is -0.561. The quantitative estimate of drug-likeness (QED) is 0.421. The summed E-state index contributed by atoms with van der Waals surface area (Å²) in [5, 5.41) is 0. The Morgan fingerprint density at radius 1 is 1.06 bits per heavy atom. The molecule has 0 amide bonds. The molecule has 4 nitrogen and oxygen atoms in total. The van der Waals surface area contributed by atoms with Crippen LogP contribution in [-0.2, 0) is 19.1 Å². The minimum atomic E-state index is -0.561. The monoisotopic (exact) mass is 266 g/mol. The van der Waals surface area contributed by atoms with E-state index in [1.54, 1.807) is 20.8 Å². The van der Waals surface area contributed by atoms with Crippen molar-refractivity contribution in [3.63, 3.8) is 0 Å². The molecule has 0 aromatic rings. The van der Waals surface area contributed by atoms with Gasteiger partial charge >= 0.3 is 11.9 Å². The van der Waals surface area contributed by atoms with E-state index in [2.05, 4.69) is 6.92 Å². The van der Waals surface area contributed by atoms with Gasteiger partial charge in [0, 0.05) is 6.42 Å². The molecule has 0 N–H and O–H groups in total. The lowest BCUT2D eigenvalue weighted by Gasteiger charge is -2.16. The van der Waals surface area contributed by atoms with Gasteiger partial charge in [-0.15, -0.1) is 12.4 Å². The number of hydrogen-bond acceptors (Lipinski definition) is 4. The summed E-state index contributed by atoms with van der Waals surface area (Å²) in [4.78, 5) is 22.4. The molecule has 0 aromatic heterocycles. The van der Waals surface area contributed by atoms with Crippen LogP contribution in [-0.4, -0.2) is 18.7 Å². The predicted molar refractivity (Wildman–Crippen MR) is 67.9 cm³/mol. The first-order valence-electron chi connectivity index (χ1n) is 5.70. The Balaban J connectivity index is 0. The Labute approximate surface area is 109 Å². The molecule has 102 valence electrons. The van der Waals surface area contributed by atoms with Crippen molar-refractivity contribution in [3.05, 3.63) is 0 Å². The minimum absolute atomic E-state index is 0. The summed E-state index contributed by atoms with van der Waals surface area (Å²) in [5.74, 6) is -0.677. The molecule has 17 heavy (non-hydrogen) atoms. The molecule has 0 unspecified atom stereocenters. The third-order valence-corrected chi connectivity index (χ3v) is 2.01. The Morgan fingerprint density at radius 3 is 2.12 bits per heavy atom. The number of carbonyl (C=O) groups is 2. The highest BCUT2D eigenvalue weighted by Crippen LogP contribution is 2.14. The fraction of sp³-hybridized carbons (Fsp3) is 0.833. The molecule has 0 aromatic carbocycles. The molecule has 0 atom stereocenters. The molecule has 0 saturated heterocycles. The molecule has 0 fully saturated rings. The smallest absolute Gasteiger partial charge is 0.314 e. The van der Waals surface area contributed by atoms with Crippen molar-refractivity contribution in [1.29, 1.82) is 0 Å². The third kappa shape index (κ3) is 10.1. The maximum Gasteiger partial charge on any atom is 0.314 e. The first-order valence-corrected chi connectivity index (χ1v) is 5.70. The Morgan fingerprint density at radius 2 is 1.65 bits per heavy atom. The van der Waals surface area contributed by atoms with Crippen molar-refractivity contribution < 1.29 is 19.1 Å². The van der Waals surface area contributed by atoms with Gasteiger partial charge in [-0.25, -0.2) is 0 Å². The van der Waals surface area contributed by atoms with E-state index in [1.807, 2.05) is 0 Å². The summed E-state index contributed by atoms with van der Waals surface area (Å²) in [6.07, 6.45) is 3.28. The zero-order chi connectivity index (χ0) is 12.6. The van der Waals surface area contributed by atoms with Gasteiger partial charge in [0.25, 0.3) is 0 Å². The van der Waals surface area contributed by atoms with Crippen molar-refractivity contribution in [2.45, 2.75) is 53.4 Å². The van der Waals surface area contributed by atoms with E-state index in [4.69, 9.17) is 9.47 Å². The zero-order valence-corrected chi connectivity index (χ0v) is 11.9. The zero-order valence-electron chi connectivity index (χ0n) is 11.1. The number of rotatable bonds is 6. The number of esters is 2. The van der Waals surface area contributed by atoms with Gasteiger partial charge in [0.1, 0.15) is 0 Å². The number of ether oxygens (including phenoxy) is 2. The molecule has 0 bridgehead atoms. The van der Waals surface area contributed by atoms with E-state index < -0.39 is 5.41 Å². The minimum Gasteiger partial charge on any atom is -0.428 e. The van der Waals surface area contributed by atoms with Crippen LogP contribution in [0.4, 0.5) is 0 Å². The standard InChI is InChI=1S/C12H22O4.ClH/c1-5-6-7-8-10(13)15-9-16-11(14)12(2,3)4;/h5-9H2,1-4H3;1H. The van der Waals surface area contributed by atoms with Gasteiger partial charge in [0.2, 0.25) is 6.79 Å². The van der Waals surface area contributed by atoms with Crippen molar-refractivity contribution in [2.75, 3.05) is 6.79 Å². The number of hydrogen-bond donors (Lipinski definition) is 0. The first-order chi connectivity index (χ1) is 7.38. The van der Waals surface area contributed by atoms with Crippen molar-refractivity contribution in [1.82, 2.24) is 0 Å². The van der Waals surface area contributed by atoms with Crippen molar-refractivity contribution in [3.8, 4) is 0 Å². The molecule has 0 saturated carbocycles. The molecule has 5 heteroatoms. The van der Waals surface area contributed by atoms with Crippen LogP contribution in [0.15, 0.2) is 0 Å². The second kappa shape index (κ2) is 9.28. The third-order valence-electron chi connectivity index (χ3n) is 2.01. The lowest BCUT2D eigenvalue weighted by Crippen LogP contribution is -2.24. The van der Waals surface area contributed by atoms with Crippen LogP contribution in [0.3, 0.4) is 0 Å². The Hall–Kier alpha value is -0.770. The summed E-state index contributed by atoms with van der Waals surface area (Å²) >= 11 is 0. The van der Waals surface area contributed by atoms with Gasteiger partial charge in [-0.1, -0.05) is 19.8 Å². The van der Waals surface area contributed by atoms with Crippen molar-refractivity contribution in [2.24, 2.45) is 5.41 Å². The SMILES string of the molecule is CCCCCC(=O)OCOC(=O)C(C)(C)C.Cl. The van der Waals surface area contributed by atoms with Crippen LogP contribution in [0.5, 0.6) is 0 Å². The van der Waals surface area contributed by atoms with E-state index in [1.165, 1.54) is 0 Å². The Kier molecular flexibility index (Phi) is 10.1. The summed E-state index contributed by atoms with van der Waals surface area (Å²) in [7, 11) is 0. The highest BCUT2D eigenvalue weighted by Gasteiger charge is 2.23. The van der Waals surface area contributed by atoms with Crippen molar-refractivity contribution >= 4 is 24.3 Å². The highest BCUT2D eigenvalue weighted by molar-refractivity contribution is 5.85. The van der Waals surface area contributed by atoms with Crippen LogP contribution in [0, 0.1) is 5.41 Å². The average Bonchev–Trinajstić information content (AvgIpc) is 2.16. The van der Waals surface area contributed by atoms with Crippen LogP contribution in [0.1, 0.15) is 53.4 Å². The summed E-state index contributed by atoms with van der Waals surface area (Å²) in [6, 6.07) is 0. The molecule has 0 rings (SSSR count). The van der Waals surface area contributed by atoms with E-state index >= 15 is 0 Å². The van der Waals surface area contributed by atoms with Gasteiger partial charge < -0.3 is 9.47 Å². The molecule has 0 radical (unpaired) electrons. The summed E-state index contributed by atoms with van der Waals surface area (Å²) < 4.78 is 9.57. The number of carbonyl (C=O) groups excluding carboxylic acids is 2. The molecule has 0 heterocycles. The van der Waals surface area contributed by atoms with Crippen LogP contribution in [0.2, 0.25) is 0 Å². The number of halogens is 1. The fourth-order valence-corrected chi connectivity index (χ4v) is 0.957. The van der Waals surface area contributed by atoms with Gasteiger partial charge in [-0.05, 0) is 27.2 Å². The summed E-state index contributed by atoms with van der Waals surface area (Å²) in [6.45, 7) is 7.03. The lowest BCUT2D eigenvalue weighted by molar-refractivity contribution is -0.173. The predicted octanol–water partition coefficient (Wildman–Crippen LogP) is 3.08. The van der Waals surface area contributed by atoms with E-state index in [9.17, 15) is 9.59 Å². The second-order valence-electron chi connectivity index (χ2n) is 4.77. The fourth-order valence-electron chi connectivity index (χ4n) is 0.957. The maximum atomic E-state index is 11.3. The van der Waals surface area contributed by atoms with Crippen LogP contribution >= 0.6 is 12.4 Å². The lowest BCUT2D eigenvalue weighted by atomic mass is 9.98. The van der Waals surface area contributed by atoms with E-state index in [0.717, 1.165) is 19.3 Å². The molecule has 0 spiro atoms. The molecule has 0 aliphatic rings. The average molecular weight is 267 g/mol. The van der Waals surface area contributed by atoms with Crippen LogP contribution < -0.4 is 0 Å². The largest absolute Gasteiger partial charge is 0.428 e. The molecule has 0 aliphatic heterocycles. The van der Waals surface area contributed by atoms with Crippen LogP contribution in [0.25, 0.3) is 0 Å². The molecular weight excluding hydrogens is 244 g/mol. The van der Waals surface area contributed by atoms with Gasteiger partial charge in [0.15, 0.2) is 0 Å². The second-order valence-corrected chi connectivity index (χ2v) is 4.77. The molecule has 0 aliphatic carbocycles. The van der Waals surface area contributed by atoms with E-state index in [-0.39, 0.29) is 31.1 Å². The highest BCUT2D eigenvalue weighted by atomic mass is 35.5. The first kappa shape index (κ1) is 18.6. The van der Waals surface area contributed by atoms with Gasteiger partial charge in [0.05, 0.1) is 5.41 Å². The maximum absolute atomic E-state index is 11.3. The topological polar surface area (TPSA) is 52.6 Å².